The molecule has 2 aromatic rings. The Hall–Kier alpha value is -1.21. The molecular weight excluding hydrogens is 282 g/mol. The van der Waals surface area contributed by atoms with Crippen molar-refractivity contribution in [3.05, 3.63) is 44.8 Å². The molecule has 2 aromatic heterocycles. The van der Waals surface area contributed by atoms with Crippen molar-refractivity contribution in [3.63, 3.8) is 0 Å². The number of rotatable bonds is 7. The molecule has 0 radical (unpaired) electrons. The van der Waals surface area contributed by atoms with Gasteiger partial charge in [-0.1, -0.05) is 0 Å². The fourth-order valence-electron chi connectivity index (χ4n) is 1.61. The third-order valence-electron chi connectivity index (χ3n) is 2.56. The molecule has 0 fully saturated rings. The lowest BCUT2D eigenvalue weighted by Crippen LogP contribution is -2.29. The molecule has 0 saturated heterocycles. The van der Waals surface area contributed by atoms with E-state index in [1.54, 1.807) is 17.4 Å². The third kappa shape index (κ3) is 4.14. The predicted octanol–water partition coefficient (Wildman–Crippen LogP) is 2.29. The van der Waals surface area contributed by atoms with Gasteiger partial charge in [0.15, 0.2) is 0 Å². The fourth-order valence-corrected chi connectivity index (χ4v) is 2.95. The molecule has 102 valence electrons. The summed E-state index contributed by atoms with van der Waals surface area (Å²) in [5.74, 6) is -0.103. The molecule has 1 atom stereocenters. The Labute approximate surface area is 119 Å². The van der Waals surface area contributed by atoms with E-state index < -0.39 is 0 Å². The molecule has 0 aliphatic carbocycles. The largest absolute Gasteiger partial charge is 0.394 e. The van der Waals surface area contributed by atoms with Gasteiger partial charge in [0, 0.05) is 17.5 Å². The Bertz CT molecular complexity index is 482. The monoisotopic (exact) mass is 297 g/mol. The van der Waals surface area contributed by atoms with E-state index in [9.17, 15) is 4.79 Å². The average Bonchev–Trinajstić information content (AvgIpc) is 3.11. The molecule has 1 amide bonds. The Morgan fingerprint density at radius 2 is 2.11 bits per heavy atom. The number of hydrogen-bond acceptors (Lipinski definition) is 5. The number of aliphatic hydroxyl groups is 1. The second kappa shape index (κ2) is 7.40. The van der Waals surface area contributed by atoms with Crippen LogP contribution in [-0.4, -0.2) is 30.8 Å². The van der Waals surface area contributed by atoms with Gasteiger partial charge in [0.1, 0.15) is 6.10 Å². The number of carbonyl (C=O) groups excluding carboxylic acids is 1. The molecule has 4 nitrogen and oxygen atoms in total. The number of amides is 1. The molecule has 0 spiro atoms. The van der Waals surface area contributed by atoms with E-state index in [0.717, 1.165) is 5.56 Å². The SMILES string of the molecule is O=C(NC[C@H](OCCO)c1ccsc1)c1ccsc1. The fraction of sp³-hybridized carbons (Fsp3) is 0.308. The van der Waals surface area contributed by atoms with Crippen LogP contribution in [0, 0.1) is 0 Å². The average molecular weight is 297 g/mol. The summed E-state index contributed by atoms with van der Waals surface area (Å²) in [4.78, 5) is 11.8. The molecule has 0 aliphatic rings. The van der Waals surface area contributed by atoms with Crippen LogP contribution in [0.5, 0.6) is 0 Å². The summed E-state index contributed by atoms with van der Waals surface area (Å²) in [7, 11) is 0. The number of ether oxygens (including phenoxy) is 1. The minimum Gasteiger partial charge on any atom is -0.394 e. The second-order valence-electron chi connectivity index (χ2n) is 3.86. The highest BCUT2D eigenvalue weighted by molar-refractivity contribution is 7.08. The standard InChI is InChI=1S/C13H15NO3S2/c15-3-4-17-12(10-1-5-18-8-10)7-14-13(16)11-2-6-19-9-11/h1-2,5-6,8-9,12,15H,3-4,7H2,(H,14,16)/t12-/m0/s1. The lowest BCUT2D eigenvalue weighted by Gasteiger charge is -2.17. The van der Waals surface area contributed by atoms with Crippen molar-refractivity contribution in [2.75, 3.05) is 19.8 Å². The van der Waals surface area contributed by atoms with Gasteiger partial charge < -0.3 is 15.2 Å². The van der Waals surface area contributed by atoms with E-state index in [1.165, 1.54) is 11.3 Å². The molecule has 0 unspecified atom stereocenters. The summed E-state index contributed by atoms with van der Waals surface area (Å²) in [6.45, 7) is 0.624. The van der Waals surface area contributed by atoms with Crippen molar-refractivity contribution < 1.29 is 14.6 Å². The van der Waals surface area contributed by atoms with E-state index >= 15 is 0 Å². The molecule has 0 saturated carbocycles. The van der Waals surface area contributed by atoms with E-state index in [1.807, 2.05) is 27.6 Å². The molecule has 2 heterocycles. The minimum absolute atomic E-state index is 0.0287. The van der Waals surface area contributed by atoms with Gasteiger partial charge in [0.2, 0.25) is 0 Å². The van der Waals surface area contributed by atoms with Gasteiger partial charge in [-0.05, 0) is 33.8 Å². The molecule has 0 aliphatic heterocycles. The summed E-state index contributed by atoms with van der Waals surface area (Å²) in [5, 5.41) is 19.3. The Balaban J connectivity index is 1.91. The number of carbonyl (C=O) groups is 1. The molecule has 0 bridgehead atoms. The number of hydrogen-bond donors (Lipinski definition) is 2. The summed E-state index contributed by atoms with van der Waals surface area (Å²) in [5.41, 5.74) is 1.68. The van der Waals surface area contributed by atoms with Gasteiger partial charge in [0.05, 0.1) is 13.2 Å². The highest BCUT2D eigenvalue weighted by atomic mass is 32.1. The van der Waals surface area contributed by atoms with Gasteiger partial charge in [0.25, 0.3) is 5.91 Å². The number of nitrogens with one attached hydrogen (secondary N) is 1. The minimum atomic E-state index is -0.221. The quantitative estimate of drug-likeness (QED) is 0.824. The second-order valence-corrected chi connectivity index (χ2v) is 5.42. The first-order valence-electron chi connectivity index (χ1n) is 5.86. The molecule has 2 rings (SSSR count). The zero-order valence-corrected chi connectivity index (χ0v) is 11.9. The van der Waals surface area contributed by atoms with Crippen molar-refractivity contribution in [2.24, 2.45) is 0 Å². The highest BCUT2D eigenvalue weighted by Gasteiger charge is 2.14. The molecule has 2 N–H and O–H groups in total. The van der Waals surface area contributed by atoms with Gasteiger partial charge >= 0.3 is 0 Å². The first kappa shape index (κ1) is 14.2. The zero-order chi connectivity index (χ0) is 13.5. The van der Waals surface area contributed by atoms with Gasteiger partial charge in [-0.15, -0.1) is 0 Å². The zero-order valence-electron chi connectivity index (χ0n) is 10.2. The summed E-state index contributed by atoms with van der Waals surface area (Å²) >= 11 is 3.07. The van der Waals surface area contributed by atoms with Crippen LogP contribution in [0.4, 0.5) is 0 Å². The number of aliphatic hydroxyl groups excluding tert-OH is 1. The summed E-state index contributed by atoms with van der Waals surface area (Å²) in [6.07, 6.45) is -0.221. The highest BCUT2D eigenvalue weighted by Crippen LogP contribution is 2.19. The van der Waals surface area contributed by atoms with Gasteiger partial charge in [-0.2, -0.15) is 22.7 Å². The van der Waals surface area contributed by atoms with E-state index in [-0.39, 0.29) is 25.2 Å². The van der Waals surface area contributed by atoms with E-state index in [2.05, 4.69) is 5.32 Å². The maximum Gasteiger partial charge on any atom is 0.252 e. The first-order chi connectivity index (χ1) is 9.31. The van der Waals surface area contributed by atoms with Crippen LogP contribution in [0.15, 0.2) is 33.7 Å². The Morgan fingerprint density at radius 3 is 2.74 bits per heavy atom. The van der Waals surface area contributed by atoms with Crippen LogP contribution < -0.4 is 5.32 Å². The van der Waals surface area contributed by atoms with Crippen molar-refractivity contribution in [1.82, 2.24) is 5.32 Å². The predicted molar refractivity (Wildman–Crippen MR) is 76.8 cm³/mol. The maximum absolute atomic E-state index is 11.8. The van der Waals surface area contributed by atoms with Crippen LogP contribution in [0.2, 0.25) is 0 Å². The van der Waals surface area contributed by atoms with Crippen molar-refractivity contribution in [3.8, 4) is 0 Å². The van der Waals surface area contributed by atoms with Crippen molar-refractivity contribution in [2.45, 2.75) is 6.10 Å². The molecular formula is C13H15NO3S2. The normalized spacial score (nSPS) is 12.3. The van der Waals surface area contributed by atoms with E-state index in [4.69, 9.17) is 9.84 Å². The third-order valence-corrected chi connectivity index (χ3v) is 3.94. The van der Waals surface area contributed by atoms with E-state index in [0.29, 0.717) is 12.1 Å². The lowest BCUT2D eigenvalue weighted by atomic mass is 10.2. The Kier molecular flexibility index (Phi) is 5.53. The van der Waals surface area contributed by atoms with Crippen LogP contribution in [-0.2, 0) is 4.74 Å². The van der Waals surface area contributed by atoms with Crippen molar-refractivity contribution >= 4 is 28.6 Å². The van der Waals surface area contributed by atoms with Gasteiger partial charge in [-0.25, -0.2) is 0 Å². The summed E-state index contributed by atoms with van der Waals surface area (Å²) < 4.78 is 5.55. The van der Waals surface area contributed by atoms with Crippen LogP contribution in [0.1, 0.15) is 22.0 Å². The van der Waals surface area contributed by atoms with Crippen LogP contribution >= 0.6 is 22.7 Å². The van der Waals surface area contributed by atoms with Crippen LogP contribution in [0.25, 0.3) is 0 Å². The maximum atomic E-state index is 11.8. The van der Waals surface area contributed by atoms with Gasteiger partial charge in [-0.3, -0.25) is 4.79 Å². The van der Waals surface area contributed by atoms with Crippen molar-refractivity contribution in [1.29, 1.82) is 0 Å². The first-order valence-corrected chi connectivity index (χ1v) is 7.75. The van der Waals surface area contributed by atoms with Crippen LogP contribution in [0.3, 0.4) is 0 Å². The lowest BCUT2D eigenvalue weighted by molar-refractivity contribution is 0.0279. The molecule has 6 heteroatoms. The molecule has 19 heavy (non-hydrogen) atoms. The number of thiophene rings is 2. The topological polar surface area (TPSA) is 58.6 Å². The smallest absolute Gasteiger partial charge is 0.252 e. The summed E-state index contributed by atoms with van der Waals surface area (Å²) in [6, 6.07) is 3.75. The Morgan fingerprint density at radius 1 is 1.32 bits per heavy atom. The molecule has 0 aromatic carbocycles.